The van der Waals surface area contributed by atoms with Gasteiger partial charge in [0.15, 0.2) is 0 Å². The maximum Gasteiger partial charge on any atom is 0.143 e. The normalized spacial score (nSPS) is 27.8. The number of halogens is 1. The van der Waals surface area contributed by atoms with E-state index in [1.165, 1.54) is 11.1 Å². The molecule has 2 aromatic carbocycles. The first kappa shape index (κ1) is 13.2. The Hall–Kier alpha value is -1.51. The third-order valence-electron chi connectivity index (χ3n) is 4.84. The molecule has 0 bridgehead atoms. The summed E-state index contributed by atoms with van der Waals surface area (Å²) in [4.78, 5) is 2.39. The molecule has 0 saturated carbocycles. The summed E-state index contributed by atoms with van der Waals surface area (Å²) in [5.74, 6) is 1.42. The second-order valence-corrected chi connectivity index (χ2v) is 6.54. The summed E-state index contributed by atoms with van der Waals surface area (Å²) in [6.45, 7) is 2.08. The lowest BCUT2D eigenvalue weighted by atomic mass is 9.74. The molecule has 1 fully saturated rings. The zero-order valence-corrected chi connectivity index (χ0v) is 12.8. The summed E-state index contributed by atoms with van der Waals surface area (Å²) >= 11 is 6.05. The molecular weight excluding hydrogens is 282 g/mol. The highest BCUT2D eigenvalue weighted by Gasteiger charge is 2.51. The van der Waals surface area contributed by atoms with E-state index in [0.29, 0.717) is 5.92 Å². The molecule has 0 aliphatic carbocycles. The van der Waals surface area contributed by atoms with Crippen molar-refractivity contribution >= 4 is 11.6 Å². The van der Waals surface area contributed by atoms with Gasteiger partial charge in [0.2, 0.25) is 0 Å². The minimum Gasteiger partial charge on any atom is -0.482 e. The van der Waals surface area contributed by atoms with Crippen LogP contribution in [0, 0.1) is 0 Å². The maximum absolute atomic E-state index is 6.50. The molecule has 0 amide bonds. The number of likely N-dealkylation sites (tertiary alicyclic amines) is 1. The fraction of sp³-hybridized carbons (Fsp3) is 0.333. The summed E-state index contributed by atoms with van der Waals surface area (Å²) in [6.07, 6.45) is 1.00. The molecule has 2 atom stereocenters. The van der Waals surface area contributed by atoms with E-state index >= 15 is 0 Å². The Morgan fingerprint density at radius 3 is 2.71 bits per heavy atom. The summed E-state index contributed by atoms with van der Waals surface area (Å²) in [5.41, 5.74) is 2.33. The third-order valence-corrected chi connectivity index (χ3v) is 5.09. The largest absolute Gasteiger partial charge is 0.482 e. The predicted molar refractivity (Wildman–Crippen MR) is 85.1 cm³/mol. The number of rotatable bonds is 1. The number of hydrogen-bond donors (Lipinski definition) is 0. The minimum absolute atomic E-state index is 0.235. The Balaban J connectivity index is 1.84. The van der Waals surface area contributed by atoms with Crippen LogP contribution in [-0.2, 0) is 5.60 Å². The van der Waals surface area contributed by atoms with Gasteiger partial charge in [-0.25, -0.2) is 0 Å². The fourth-order valence-electron chi connectivity index (χ4n) is 3.75. The van der Waals surface area contributed by atoms with Crippen LogP contribution in [-0.4, -0.2) is 25.0 Å². The van der Waals surface area contributed by atoms with Crippen LogP contribution < -0.4 is 4.74 Å². The highest BCUT2D eigenvalue weighted by Crippen LogP contribution is 2.54. The van der Waals surface area contributed by atoms with E-state index in [1.54, 1.807) is 0 Å². The van der Waals surface area contributed by atoms with Gasteiger partial charge in [-0.2, -0.15) is 0 Å². The van der Waals surface area contributed by atoms with E-state index < -0.39 is 0 Å². The number of benzene rings is 2. The van der Waals surface area contributed by atoms with Crippen LogP contribution >= 0.6 is 11.6 Å². The number of likely N-dealkylation sites (N-methyl/N-ethyl adjacent to an activating group) is 1. The van der Waals surface area contributed by atoms with Gasteiger partial charge in [0.1, 0.15) is 11.4 Å². The van der Waals surface area contributed by atoms with Crippen LogP contribution in [0.5, 0.6) is 5.75 Å². The molecule has 4 rings (SSSR count). The molecular formula is C18H18ClNO. The van der Waals surface area contributed by atoms with Crippen molar-refractivity contribution in [2.45, 2.75) is 17.9 Å². The van der Waals surface area contributed by atoms with Crippen molar-refractivity contribution < 1.29 is 4.74 Å². The van der Waals surface area contributed by atoms with Gasteiger partial charge < -0.3 is 9.64 Å². The Labute approximate surface area is 130 Å². The lowest BCUT2D eigenvalue weighted by molar-refractivity contribution is 0.00703. The van der Waals surface area contributed by atoms with Crippen molar-refractivity contribution in [3.8, 4) is 5.75 Å². The molecule has 108 valence electrons. The van der Waals surface area contributed by atoms with Gasteiger partial charge >= 0.3 is 0 Å². The van der Waals surface area contributed by atoms with Gasteiger partial charge in [-0.3, -0.25) is 0 Å². The van der Waals surface area contributed by atoms with Crippen LogP contribution in [0.25, 0.3) is 0 Å². The monoisotopic (exact) mass is 299 g/mol. The first-order valence-electron chi connectivity index (χ1n) is 7.41. The van der Waals surface area contributed by atoms with E-state index in [1.807, 2.05) is 12.1 Å². The number of ether oxygens (including phenoxy) is 1. The van der Waals surface area contributed by atoms with Gasteiger partial charge in [0, 0.05) is 36.0 Å². The first-order chi connectivity index (χ1) is 10.2. The predicted octanol–water partition coefficient (Wildman–Crippen LogP) is 4.05. The van der Waals surface area contributed by atoms with Crippen molar-refractivity contribution in [2.24, 2.45) is 0 Å². The number of para-hydroxylation sites is 1. The smallest absolute Gasteiger partial charge is 0.143 e. The number of hydrogen-bond acceptors (Lipinski definition) is 2. The number of fused-ring (bicyclic) bond motifs is 3. The second-order valence-electron chi connectivity index (χ2n) is 6.10. The Kier molecular flexibility index (Phi) is 2.98. The van der Waals surface area contributed by atoms with E-state index in [2.05, 4.69) is 48.3 Å². The number of piperidine rings is 1. The van der Waals surface area contributed by atoms with Gasteiger partial charge in [0.25, 0.3) is 0 Å². The molecule has 0 aromatic heterocycles. The van der Waals surface area contributed by atoms with E-state index in [-0.39, 0.29) is 5.60 Å². The van der Waals surface area contributed by atoms with Gasteiger partial charge in [-0.1, -0.05) is 41.9 Å². The SMILES string of the molecule is CN1CC[C@]2(c3ccc(Cl)cc3)Oc3ccccc3[C@@H]2C1. The van der Waals surface area contributed by atoms with Crippen molar-refractivity contribution in [1.29, 1.82) is 0 Å². The molecule has 0 spiro atoms. The Morgan fingerprint density at radius 1 is 1.14 bits per heavy atom. The molecule has 0 unspecified atom stereocenters. The van der Waals surface area contributed by atoms with Crippen molar-refractivity contribution in [3.63, 3.8) is 0 Å². The number of nitrogens with zero attached hydrogens (tertiary/aromatic N) is 1. The third kappa shape index (κ3) is 1.97. The van der Waals surface area contributed by atoms with Crippen LogP contribution in [0.2, 0.25) is 5.02 Å². The van der Waals surface area contributed by atoms with Crippen molar-refractivity contribution in [3.05, 3.63) is 64.7 Å². The minimum atomic E-state index is -0.235. The summed E-state index contributed by atoms with van der Waals surface area (Å²) in [7, 11) is 2.19. The molecule has 0 radical (unpaired) electrons. The molecule has 2 nitrogen and oxygen atoms in total. The van der Waals surface area contributed by atoms with Crippen LogP contribution in [0.1, 0.15) is 23.5 Å². The van der Waals surface area contributed by atoms with E-state index in [9.17, 15) is 0 Å². The molecule has 2 heterocycles. The molecule has 2 aromatic rings. The van der Waals surface area contributed by atoms with Crippen LogP contribution in [0.4, 0.5) is 0 Å². The molecule has 1 saturated heterocycles. The van der Waals surface area contributed by atoms with Crippen LogP contribution in [0.3, 0.4) is 0 Å². The van der Waals surface area contributed by atoms with Crippen LogP contribution in [0.15, 0.2) is 48.5 Å². The highest BCUT2D eigenvalue weighted by atomic mass is 35.5. The maximum atomic E-state index is 6.50. The zero-order valence-electron chi connectivity index (χ0n) is 12.1. The fourth-order valence-corrected chi connectivity index (χ4v) is 3.87. The molecule has 3 heteroatoms. The van der Waals surface area contributed by atoms with Gasteiger partial charge in [0.05, 0.1) is 0 Å². The average Bonchev–Trinajstić information content (AvgIpc) is 2.83. The standard InChI is InChI=1S/C18H18ClNO/c1-20-11-10-18(13-6-8-14(19)9-7-13)16(12-20)15-4-2-3-5-17(15)21-18/h2-9,16H,10-12H2,1H3/t16-,18+/m0/s1. The van der Waals surface area contributed by atoms with E-state index in [4.69, 9.17) is 16.3 Å². The Bertz CT molecular complexity index is 669. The second kappa shape index (κ2) is 4.75. The van der Waals surface area contributed by atoms with Gasteiger partial charge in [-0.15, -0.1) is 0 Å². The van der Waals surface area contributed by atoms with Crippen molar-refractivity contribution in [2.75, 3.05) is 20.1 Å². The molecule has 2 aliphatic rings. The first-order valence-corrected chi connectivity index (χ1v) is 7.79. The zero-order chi connectivity index (χ0) is 14.4. The molecule has 21 heavy (non-hydrogen) atoms. The quantitative estimate of drug-likeness (QED) is 0.788. The molecule has 2 aliphatic heterocycles. The highest BCUT2D eigenvalue weighted by molar-refractivity contribution is 6.30. The topological polar surface area (TPSA) is 12.5 Å². The molecule has 0 N–H and O–H groups in total. The average molecular weight is 300 g/mol. The lowest BCUT2D eigenvalue weighted by Crippen LogP contribution is -2.47. The summed E-state index contributed by atoms with van der Waals surface area (Å²) < 4.78 is 6.50. The summed E-state index contributed by atoms with van der Waals surface area (Å²) in [5, 5.41) is 0.773. The Morgan fingerprint density at radius 2 is 1.90 bits per heavy atom. The summed E-state index contributed by atoms with van der Waals surface area (Å²) in [6, 6.07) is 16.6. The lowest BCUT2D eigenvalue weighted by Gasteiger charge is -2.42. The van der Waals surface area contributed by atoms with Crippen molar-refractivity contribution in [1.82, 2.24) is 4.90 Å². The van der Waals surface area contributed by atoms with Gasteiger partial charge in [-0.05, 0) is 30.8 Å². The van der Waals surface area contributed by atoms with E-state index in [0.717, 1.165) is 30.3 Å².